The lowest BCUT2D eigenvalue weighted by Crippen LogP contribution is -2.08. The molecule has 0 N–H and O–H groups in total. The summed E-state index contributed by atoms with van der Waals surface area (Å²) in [7, 11) is 0. The standard InChI is InChI=1S/C14H17ClN2O/c1-2-18-8-7-17-13-6-5-11(15)9-12(13)16-14(17)10-3-4-10/h5-6,9-10H,2-4,7-8H2,1H3. The predicted octanol–water partition coefficient (Wildman–Crippen LogP) is 3.60. The first-order valence-electron chi connectivity index (χ1n) is 6.53. The van der Waals surface area contributed by atoms with Crippen LogP contribution in [0.5, 0.6) is 0 Å². The number of hydrogen-bond acceptors (Lipinski definition) is 2. The van der Waals surface area contributed by atoms with Crippen LogP contribution < -0.4 is 0 Å². The number of ether oxygens (including phenoxy) is 1. The Balaban J connectivity index is 1.99. The van der Waals surface area contributed by atoms with Crippen molar-refractivity contribution in [1.82, 2.24) is 9.55 Å². The third-order valence-corrected chi connectivity index (χ3v) is 3.58. The van der Waals surface area contributed by atoms with Crippen molar-refractivity contribution in [1.29, 1.82) is 0 Å². The van der Waals surface area contributed by atoms with Crippen molar-refractivity contribution >= 4 is 22.6 Å². The Labute approximate surface area is 112 Å². The molecule has 1 saturated carbocycles. The third-order valence-electron chi connectivity index (χ3n) is 3.35. The van der Waals surface area contributed by atoms with Gasteiger partial charge in [-0.1, -0.05) is 11.6 Å². The van der Waals surface area contributed by atoms with Gasteiger partial charge in [-0.2, -0.15) is 0 Å². The lowest BCUT2D eigenvalue weighted by molar-refractivity contribution is 0.139. The third kappa shape index (κ3) is 2.25. The molecule has 0 atom stereocenters. The summed E-state index contributed by atoms with van der Waals surface area (Å²) in [6.45, 7) is 4.40. The van der Waals surface area contributed by atoms with Crippen molar-refractivity contribution in [2.45, 2.75) is 32.2 Å². The van der Waals surface area contributed by atoms with Gasteiger partial charge in [0.15, 0.2) is 0 Å². The summed E-state index contributed by atoms with van der Waals surface area (Å²) in [5, 5.41) is 0.749. The monoisotopic (exact) mass is 264 g/mol. The van der Waals surface area contributed by atoms with Crippen LogP contribution in [0.4, 0.5) is 0 Å². The maximum Gasteiger partial charge on any atom is 0.113 e. The molecule has 4 heteroatoms. The number of hydrogen-bond donors (Lipinski definition) is 0. The van der Waals surface area contributed by atoms with E-state index in [9.17, 15) is 0 Å². The van der Waals surface area contributed by atoms with Gasteiger partial charge >= 0.3 is 0 Å². The minimum Gasteiger partial charge on any atom is -0.380 e. The Bertz CT molecular complexity index is 560. The van der Waals surface area contributed by atoms with Crippen LogP contribution in [0.1, 0.15) is 31.5 Å². The fourth-order valence-corrected chi connectivity index (χ4v) is 2.48. The van der Waals surface area contributed by atoms with Gasteiger partial charge in [0, 0.05) is 24.1 Å². The van der Waals surface area contributed by atoms with E-state index in [1.807, 2.05) is 19.1 Å². The van der Waals surface area contributed by atoms with Crippen LogP contribution in [0.2, 0.25) is 5.02 Å². The molecule has 96 valence electrons. The SMILES string of the molecule is CCOCCn1c(C2CC2)nc2cc(Cl)ccc21. The largest absolute Gasteiger partial charge is 0.380 e. The van der Waals surface area contributed by atoms with Crippen molar-refractivity contribution in [2.75, 3.05) is 13.2 Å². The average Bonchev–Trinajstić information content (AvgIpc) is 3.13. The summed E-state index contributed by atoms with van der Waals surface area (Å²) >= 11 is 6.03. The van der Waals surface area contributed by atoms with Gasteiger partial charge in [0.25, 0.3) is 0 Å². The van der Waals surface area contributed by atoms with Gasteiger partial charge in [0.2, 0.25) is 0 Å². The number of benzene rings is 1. The quantitative estimate of drug-likeness (QED) is 0.772. The number of nitrogens with zero attached hydrogens (tertiary/aromatic N) is 2. The van der Waals surface area contributed by atoms with E-state index >= 15 is 0 Å². The van der Waals surface area contributed by atoms with Crippen LogP contribution in [-0.4, -0.2) is 22.8 Å². The first-order valence-corrected chi connectivity index (χ1v) is 6.91. The zero-order valence-electron chi connectivity index (χ0n) is 10.5. The molecule has 2 aromatic rings. The van der Waals surface area contributed by atoms with Gasteiger partial charge in [-0.05, 0) is 38.0 Å². The molecule has 0 amide bonds. The van der Waals surface area contributed by atoms with Crippen LogP contribution in [0.3, 0.4) is 0 Å². The Morgan fingerprint density at radius 2 is 2.28 bits per heavy atom. The van der Waals surface area contributed by atoms with E-state index in [0.29, 0.717) is 5.92 Å². The molecule has 3 nitrogen and oxygen atoms in total. The molecule has 1 aromatic carbocycles. The number of rotatable bonds is 5. The molecule has 1 fully saturated rings. The number of imidazole rings is 1. The van der Waals surface area contributed by atoms with Gasteiger partial charge in [-0.15, -0.1) is 0 Å². The van der Waals surface area contributed by atoms with E-state index in [1.165, 1.54) is 24.2 Å². The maximum atomic E-state index is 6.03. The highest BCUT2D eigenvalue weighted by Crippen LogP contribution is 2.40. The summed E-state index contributed by atoms with van der Waals surface area (Å²) in [4.78, 5) is 4.74. The molecule has 3 rings (SSSR count). The fraction of sp³-hybridized carbons (Fsp3) is 0.500. The molecule has 1 aromatic heterocycles. The minimum atomic E-state index is 0.637. The Hall–Kier alpha value is -1.06. The average molecular weight is 265 g/mol. The summed E-state index contributed by atoms with van der Waals surface area (Å²) < 4.78 is 7.75. The molecular formula is C14H17ClN2O. The highest BCUT2D eigenvalue weighted by Gasteiger charge is 2.29. The Morgan fingerprint density at radius 3 is 3.00 bits per heavy atom. The highest BCUT2D eigenvalue weighted by atomic mass is 35.5. The zero-order valence-corrected chi connectivity index (χ0v) is 11.3. The Kier molecular flexibility index (Phi) is 3.27. The van der Waals surface area contributed by atoms with Gasteiger partial charge < -0.3 is 9.30 Å². The van der Waals surface area contributed by atoms with E-state index in [2.05, 4.69) is 10.6 Å². The van der Waals surface area contributed by atoms with Crippen LogP contribution in [0.25, 0.3) is 11.0 Å². The molecule has 1 heterocycles. The molecule has 0 bridgehead atoms. The first-order chi connectivity index (χ1) is 8.79. The van der Waals surface area contributed by atoms with Crippen molar-refractivity contribution in [3.63, 3.8) is 0 Å². The first kappa shape index (κ1) is 12.0. The molecule has 0 aliphatic heterocycles. The summed E-state index contributed by atoms with van der Waals surface area (Å²) in [5.74, 6) is 1.84. The van der Waals surface area contributed by atoms with Crippen molar-refractivity contribution in [3.8, 4) is 0 Å². The van der Waals surface area contributed by atoms with E-state index in [0.717, 1.165) is 30.3 Å². The second-order valence-electron chi connectivity index (χ2n) is 4.73. The maximum absolute atomic E-state index is 6.03. The molecule has 0 radical (unpaired) electrons. The van der Waals surface area contributed by atoms with Gasteiger partial charge in [-0.3, -0.25) is 0 Å². The van der Waals surface area contributed by atoms with E-state index in [1.54, 1.807) is 0 Å². The van der Waals surface area contributed by atoms with E-state index in [4.69, 9.17) is 21.3 Å². The topological polar surface area (TPSA) is 27.1 Å². The van der Waals surface area contributed by atoms with Crippen LogP contribution in [0, 0.1) is 0 Å². The molecule has 0 unspecified atom stereocenters. The second-order valence-corrected chi connectivity index (χ2v) is 5.16. The second kappa shape index (κ2) is 4.90. The lowest BCUT2D eigenvalue weighted by Gasteiger charge is -2.08. The summed E-state index contributed by atoms with van der Waals surface area (Å²) in [6.07, 6.45) is 2.51. The number of halogens is 1. The lowest BCUT2D eigenvalue weighted by atomic mass is 10.3. The molecule has 18 heavy (non-hydrogen) atoms. The van der Waals surface area contributed by atoms with Crippen LogP contribution >= 0.6 is 11.6 Å². The fourth-order valence-electron chi connectivity index (χ4n) is 2.31. The number of fused-ring (bicyclic) bond motifs is 1. The Morgan fingerprint density at radius 1 is 1.44 bits per heavy atom. The van der Waals surface area contributed by atoms with Crippen molar-refractivity contribution < 1.29 is 4.74 Å². The van der Waals surface area contributed by atoms with Gasteiger partial charge in [-0.25, -0.2) is 4.98 Å². The smallest absolute Gasteiger partial charge is 0.113 e. The zero-order chi connectivity index (χ0) is 12.5. The predicted molar refractivity (Wildman–Crippen MR) is 73.2 cm³/mol. The van der Waals surface area contributed by atoms with E-state index in [-0.39, 0.29) is 0 Å². The van der Waals surface area contributed by atoms with Crippen LogP contribution in [0.15, 0.2) is 18.2 Å². The molecule has 0 saturated heterocycles. The number of aromatic nitrogens is 2. The van der Waals surface area contributed by atoms with E-state index < -0.39 is 0 Å². The molecule has 1 aliphatic rings. The van der Waals surface area contributed by atoms with Gasteiger partial charge in [0.1, 0.15) is 5.82 Å². The van der Waals surface area contributed by atoms with Crippen LogP contribution in [-0.2, 0) is 11.3 Å². The van der Waals surface area contributed by atoms with Crippen molar-refractivity contribution in [3.05, 3.63) is 29.0 Å². The van der Waals surface area contributed by atoms with Crippen molar-refractivity contribution in [2.24, 2.45) is 0 Å². The molecule has 1 aliphatic carbocycles. The molecule has 0 spiro atoms. The summed E-state index contributed by atoms with van der Waals surface area (Å²) in [5.41, 5.74) is 2.17. The minimum absolute atomic E-state index is 0.637. The van der Waals surface area contributed by atoms with Gasteiger partial charge in [0.05, 0.1) is 17.6 Å². The molecular weight excluding hydrogens is 248 g/mol. The normalized spacial score (nSPS) is 15.4. The highest BCUT2D eigenvalue weighted by molar-refractivity contribution is 6.31. The summed E-state index contributed by atoms with van der Waals surface area (Å²) in [6, 6.07) is 5.93.